The van der Waals surface area contributed by atoms with Crippen molar-refractivity contribution in [2.75, 3.05) is 11.9 Å². The van der Waals surface area contributed by atoms with Crippen molar-refractivity contribution >= 4 is 5.95 Å². The van der Waals surface area contributed by atoms with Crippen LogP contribution in [0.15, 0.2) is 0 Å². The highest BCUT2D eigenvalue weighted by atomic mass is 15.1. The highest BCUT2D eigenvalue weighted by Crippen LogP contribution is 1.93. The summed E-state index contributed by atoms with van der Waals surface area (Å²) in [7, 11) is 0. The second kappa shape index (κ2) is 3.46. The fourth-order valence-electron chi connectivity index (χ4n) is 0.546. The lowest BCUT2D eigenvalue weighted by Gasteiger charge is -1.96. The molecule has 1 N–H and O–H groups in total. The maximum absolute atomic E-state index is 8.20. The zero-order valence-corrected chi connectivity index (χ0v) is 6.00. The molecular weight excluding hydrogens is 142 g/mol. The first-order chi connectivity index (χ1) is 5.33. The molecule has 1 aromatic rings. The van der Waals surface area contributed by atoms with E-state index >= 15 is 0 Å². The Labute approximate surface area is 64.1 Å². The summed E-state index contributed by atoms with van der Waals surface area (Å²) in [6, 6.07) is 1.91. The molecule has 11 heavy (non-hydrogen) atoms. The van der Waals surface area contributed by atoms with E-state index in [9.17, 15) is 0 Å². The molecule has 1 aromatic heterocycles. The van der Waals surface area contributed by atoms with Crippen molar-refractivity contribution in [2.24, 2.45) is 0 Å². The van der Waals surface area contributed by atoms with Crippen LogP contribution in [0.4, 0.5) is 5.95 Å². The third-order valence-corrected chi connectivity index (χ3v) is 0.961. The predicted molar refractivity (Wildman–Crippen MR) is 37.5 cm³/mol. The van der Waals surface area contributed by atoms with E-state index in [-0.39, 0.29) is 6.54 Å². The number of aromatic nitrogens is 3. The second-order valence-electron chi connectivity index (χ2n) is 1.82. The second-order valence-corrected chi connectivity index (χ2v) is 1.82. The number of rotatable bonds is 2. The largest absolute Gasteiger partial charge is 0.341 e. The van der Waals surface area contributed by atoms with Crippen LogP contribution in [0.5, 0.6) is 0 Å². The van der Waals surface area contributed by atoms with Gasteiger partial charge in [0.15, 0.2) is 0 Å². The van der Waals surface area contributed by atoms with Crippen LogP contribution >= 0.6 is 0 Å². The molecule has 5 nitrogen and oxygen atoms in total. The summed E-state index contributed by atoms with van der Waals surface area (Å²) >= 11 is 0. The molecule has 0 atom stereocenters. The summed E-state index contributed by atoms with van der Waals surface area (Å²) in [6.45, 7) is 1.92. The van der Waals surface area contributed by atoms with E-state index in [1.807, 2.05) is 6.07 Å². The first-order valence-electron chi connectivity index (χ1n) is 3.02. The Balaban J connectivity index is 2.65. The van der Waals surface area contributed by atoms with E-state index in [4.69, 9.17) is 5.26 Å². The fourth-order valence-corrected chi connectivity index (χ4v) is 0.546. The third-order valence-electron chi connectivity index (χ3n) is 0.961. The average Bonchev–Trinajstić information content (AvgIpc) is 2.01. The molecule has 0 aliphatic carbocycles. The Kier molecular flexibility index (Phi) is 2.33. The van der Waals surface area contributed by atoms with Crippen LogP contribution in [-0.2, 0) is 0 Å². The number of hydrogen-bond acceptors (Lipinski definition) is 5. The van der Waals surface area contributed by atoms with Gasteiger partial charge in [-0.1, -0.05) is 0 Å². The van der Waals surface area contributed by atoms with Crippen molar-refractivity contribution in [3.63, 3.8) is 0 Å². The van der Waals surface area contributed by atoms with Crippen molar-refractivity contribution in [3.05, 3.63) is 12.2 Å². The summed E-state index contributed by atoms with van der Waals surface area (Å²) in [5.74, 6) is 0.972. The Hall–Kier alpha value is -1.70. The maximum atomic E-state index is 8.20. The molecule has 5 heteroatoms. The third kappa shape index (κ3) is 2.18. The fraction of sp³-hybridized carbons (Fsp3) is 0.333. The van der Waals surface area contributed by atoms with Gasteiger partial charge in [0.1, 0.15) is 12.4 Å². The van der Waals surface area contributed by atoms with Crippen LogP contribution in [0.25, 0.3) is 0 Å². The van der Waals surface area contributed by atoms with Crippen LogP contribution in [0.1, 0.15) is 5.82 Å². The minimum absolute atomic E-state index is 0.192. The number of nitrogens with one attached hydrogen (secondary N) is 1. The van der Waals surface area contributed by atoms with Gasteiger partial charge in [0.25, 0.3) is 0 Å². The standard InChI is InChI=1S/C6H6N5/c1-5-9-4-10-6(11-5)8-3-2-7/h3H2,1H3,(H,8,9,10,11). The molecule has 55 valence electrons. The quantitative estimate of drug-likeness (QED) is 0.593. The van der Waals surface area contributed by atoms with E-state index in [2.05, 4.69) is 26.6 Å². The van der Waals surface area contributed by atoms with Crippen LogP contribution in [0.2, 0.25) is 0 Å². The van der Waals surface area contributed by atoms with E-state index in [0.29, 0.717) is 11.8 Å². The summed E-state index contributed by atoms with van der Waals surface area (Å²) in [4.78, 5) is 11.2. The van der Waals surface area contributed by atoms with Gasteiger partial charge >= 0.3 is 0 Å². The van der Waals surface area contributed by atoms with Crippen LogP contribution in [0, 0.1) is 24.6 Å². The first kappa shape index (κ1) is 7.41. The summed E-state index contributed by atoms with van der Waals surface area (Å²) in [5, 5.41) is 10.9. The highest BCUT2D eigenvalue weighted by Gasteiger charge is 1.93. The van der Waals surface area contributed by atoms with Crippen LogP contribution in [0.3, 0.4) is 0 Å². The smallest absolute Gasteiger partial charge is 0.227 e. The zero-order chi connectivity index (χ0) is 8.10. The number of aryl methyl sites for hydroxylation is 1. The molecule has 0 saturated carbocycles. The van der Waals surface area contributed by atoms with Gasteiger partial charge in [-0.15, -0.1) is 0 Å². The van der Waals surface area contributed by atoms with Crippen LogP contribution < -0.4 is 5.32 Å². The average molecular weight is 148 g/mol. The molecule has 1 radical (unpaired) electrons. The summed E-state index contributed by atoms with van der Waals surface area (Å²) < 4.78 is 0. The number of nitriles is 1. The summed E-state index contributed by atoms with van der Waals surface area (Å²) in [5.41, 5.74) is 0. The zero-order valence-electron chi connectivity index (χ0n) is 6.00. The van der Waals surface area contributed by atoms with Gasteiger partial charge in [-0.25, -0.2) is 4.98 Å². The van der Waals surface area contributed by atoms with Gasteiger partial charge in [-0.2, -0.15) is 15.2 Å². The molecule has 0 unspecified atom stereocenters. The summed E-state index contributed by atoms with van der Waals surface area (Å²) in [6.07, 6.45) is 2.40. The maximum Gasteiger partial charge on any atom is 0.227 e. The Morgan fingerprint density at radius 2 is 2.45 bits per heavy atom. The molecule has 0 bridgehead atoms. The van der Waals surface area contributed by atoms with Gasteiger partial charge in [0.05, 0.1) is 6.07 Å². The van der Waals surface area contributed by atoms with Crippen molar-refractivity contribution in [2.45, 2.75) is 6.92 Å². The predicted octanol–water partition coefficient (Wildman–Crippen LogP) is -0.0843. The lowest BCUT2D eigenvalue weighted by atomic mass is 10.6. The molecule has 0 amide bonds. The van der Waals surface area contributed by atoms with E-state index in [1.54, 1.807) is 6.92 Å². The topological polar surface area (TPSA) is 74.5 Å². The monoisotopic (exact) mass is 148 g/mol. The molecule has 0 fully saturated rings. The van der Waals surface area contributed by atoms with Crippen molar-refractivity contribution in [1.82, 2.24) is 15.0 Å². The highest BCUT2D eigenvalue weighted by molar-refractivity contribution is 5.23. The van der Waals surface area contributed by atoms with Crippen molar-refractivity contribution < 1.29 is 0 Å². The molecule has 0 aliphatic heterocycles. The Bertz CT molecular complexity index is 277. The van der Waals surface area contributed by atoms with E-state index in [1.165, 1.54) is 0 Å². The normalized spacial score (nSPS) is 8.73. The van der Waals surface area contributed by atoms with Gasteiger partial charge in [0, 0.05) is 0 Å². The lowest BCUT2D eigenvalue weighted by Crippen LogP contribution is -2.04. The molecule has 0 aliphatic rings. The van der Waals surface area contributed by atoms with Crippen molar-refractivity contribution in [3.8, 4) is 6.07 Å². The number of anilines is 1. The number of nitrogens with zero attached hydrogens (tertiary/aromatic N) is 4. The molecular formula is C6H6N5. The van der Waals surface area contributed by atoms with E-state index < -0.39 is 0 Å². The molecule has 1 rings (SSSR count). The number of hydrogen-bond donors (Lipinski definition) is 1. The Morgan fingerprint density at radius 1 is 1.64 bits per heavy atom. The van der Waals surface area contributed by atoms with Gasteiger partial charge in [-0.05, 0) is 6.92 Å². The molecule has 1 heterocycles. The molecule has 0 aromatic carbocycles. The van der Waals surface area contributed by atoms with Crippen molar-refractivity contribution in [1.29, 1.82) is 5.26 Å². The lowest BCUT2D eigenvalue weighted by molar-refractivity contribution is 0.961. The Morgan fingerprint density at radius 3 is 3.09 bits per heavy atom. The molecule has 0 spiro atoms. The van der Waals surface area contributed by atoms with Gasteiger partial charge in [0.2, 0.25) is 12.3 Å². The van der Waals surface area contributed by atoms with Crippen LogP contribution in [-0.4, -0.2) is 21.5 Å². The first-order valence-corrected chi connectivity index (χ1v) is 3.02. The van der Waals surface area contributed by atoms with Gasteiger partial charge in [-0.3, -0.25) is 0 Å². The minimum atomic E-state index is 0.192. The molecule has 0 saturated heterocycles. The minimum Gasteiger partial charge on any atom is -0.341 e. The van der Waals surface area contributed by atoms with Gasteiger partial charge < -0.3 is 5.32 Å². The van der Waals surface area contributed by atoms with E-state index in [0.717, 1.165) is 0 Å². The SMILES string of the molecule is Cc1n[c]nc(NCC#N)n1.